The summed E-state index contributed by atoms with van der Waals surface area (Å²) in [5.41, 5.74) is 11.9. The van der Waals surface area contributed by atoms with Crippen LogP contribution in [0.5, 0.6) is 5.75 Å². The summed E-state index contributed by atoms with van der Waals surface area (Å²) in [5, 5.41) is 16.3. The second-order valence-corrected chi connectivity index (χ2v) is 14.8. The highest BCUT2D eigenvalue weighted by Crippen LogP contribution is 2.28. The molecule has 0 saturated carbocycles. The van der Waals surface area contributed by atoms with Crippen LogP contribution in [0.15, 0.2) is 66.7 Å². The summed E-state index contributed by atoms with van der Waals surface area (Å²) in [6.45, 7) is 12.6. The predicted molar refractivity (Wildman–Crippen MR) is 189 cm³/mol. The summed E-state index contributed by atoms with van der Waals surface area (Å²) in [6.07, 6.45) is -1.61. The number of likely N-dealkylation sites (tertiary alicyclic amines) is 1. The second-order valence-electron chi connectivity index (χ2n) is 14.8. The van der Waals surface area contributed by atoms with Crippen molar-refractivity contribution in [3.63, 3.8) is 0 Å². The third-order valence-corrected chi connectivity index (χ3v) is 8.62. The summed E-state index contributed by atoms with van der Waals surface area (Å²) in [4.78, 5) is 57.1. The molecule has 4 rings (SSSR count). The van der Waals surface area contributed by atoms with Crippen LogP contribution in [0.25, 0.3) is 10.8 Å². The van der Waals surface area contributed by atoms with Crippen molar-refractivity contribution < 1.29 is 29.0 Å². The van der Waals surface area contributed by atoms with Gasteiger partial charge in [0, 0.05) is 11.1 Å². The number of nitrogens with two attached hydrogens (primary N) is 2. The van der Waals surface area contributed by atoms with Crippen LogP contribution in [0.2, 0.25) is 0 Å². The standard InChI is InChI=1S/C38H51N5O6/c1-37(2,3)42-21-9-12-30(42)34(46)41-33(31(44)20-15-24-13-18-28(19-14-24)49-38(4,5)6)43(36(48)29(39)23-32(40)45)35(47)27-17-16-25-10-7-8-11-26(25)22-27/h7-8,10-11,13-14,16-19,22,29-31,33,44H,9,12,15,20-21,23,39H2,1-6H3,(H2,40,45)(H,41,46)/t29-,30-,31+,33?/m0/s1. The fraction of sp³-hybridized carbons (Fsp3) is 0.474. The first kappa shape index (κ1) is 37.5. The molecule has 1 fully saturated rings. The molecule has 0 radical (unpaired) electrons. The van der Waals surface area contributed by atoms with Gasteiger partial charge in [-0.05, 0) is 114 Å². The van der Waals surface area contributed by atoms with Gasteiger partial charge < -0.3 is 26.6 Å². The number of amides is 4. The molecule has 0 spiro atoms. The Balaban J connectivity index is 1.71. The molecule has 1 unspecified atom stereocenters. The van der Waals surface area contributed by atoms with Crippen LogP contribution in [0.1, 0.15) is 83.1 Å². The molecule has 6 N–H and O–H groups in total. The molecule has 4 amide bonds. The maximum atomic E-state index is 14.4. The van der Waals surface area contributed by atoms with Crippen molar-refractivity contribution >= 4 is 34.4 Å². The number of benzene rings is 3. The highest BCUT2D eigenvalue weighted by atomic mass is 16.5. The van der Waals surface area contributed by atoms with Crippen molar-refractivity contribution in [1.82, 2.24) is 15.1 Å². The fourth-order valence-electron chi connectivity index (χ4n) is 6.27. The molecule has 0 aliphatic carbocycles. The quantitative estimate of drug-likeness (QED) is 0.210. The third-order valence-electron chi connectivity index (χ3n) is 8.62. The molecule has 11 heteroatoms. The van der Waals surface area contributed by atoms with Gasteiger partial charge in [-0.1, -0.05) is 42.5 Å². The van der Waals surface area contributed by atoms with Crippen LogP contribution >= 0.6 is 0 Å². The van der Waals surface area contributed by atoms with Gasteiger partial charge in [0.25, 0.3) is 5.91 Å². The van der Waals surface area contributed by atoms with E-state index in [2.05, 4.69) is 10.2 Å². The highest BCUT2D eigenvalue weighted by Gasteiger charge is 2.42. The molecule has 3 aromatic rings. The van der Waals surface area contributed by atoms with Gasteiger partial charge in [0.1, 0.15) is 17.5 Å². The number of carbonyl (C=O) groups excluding carboxylic acids is 4. The number of ether oxygens (including phenoxy) is 1. The number of carbonyl (C=O) groups is 4. The summed E-state index contributed by atoms with van der Waals surface area (Å²) in [7, 11) is 0. The van der Waals surface area contributed by atoms with E-state index in [1.807, 2.05) is 90.1 Å². The van der Waals surface area contributed by atoms with Gasteiger partial charge in [-0.2, -0.15) is 0 Å². The first-order valence-electron chi connectivity index (χ1n) is 16.9. The molecule has 0 aromatic heterocycles. The summed E-state index contributed by atoms with van der Waals surface area (Å²) >= 11 is 0. The molecule has 3 aromatic carbocycles. The lowest BCUT2D eigenvalue weighted by Gasteiger charge is -2.39. The monoisotopic (exact) mass is 673 g/mol. The average molecular weight is 674 g/mol. The van der Waals surface area contributed by atoms with E-state index >= 15 is 0 Å². The first-order chi connectivity index (χ1) is 22.9. The Morgan fingerprint density at radius 3 is 2.24 bits per heavy atom. The topological polar surface area (TPSA) is 168 Å². The molecule has 4 atom stereocenters. The summed E-state index contributed by atoms with van der Waals surface area (Å²) < 4.78 is 5.92. The molecule has 1 heterocycles. The maximum absolute atomic E-state index is 14.4. The van der Waals surface area contributed by atoms with E-state index in [1.54, 1.807) is 18.2 Å². The second kappa shape index (κ2) is 15.5. The van der Waals surface area contributed by atoms with E-state index in [1.165, 1.54) is 0 Å². The molecule has 49 heavy (non-hydrogen) atoms. The lowest BCUT2D eigenvalue weighted by molar-refractivity contribution is -0.140. The van der Waals surface area contributed by atoms with Gasteiger partial charge >= 0.3 is 0 Å². The van der Waals surface area contributed by atoms with Crippen molar-refractivity contribution in [2.75, 3.05) is 6.54 Å². The van der Waals surface area contributed by atoms with Crippen LogP contribution in [-0.2, 0) is 20.8 Å². The number of nitrogens with one attached hydrogen (secondary N) is 1. The van der Waals surface area contributed by atoms with Crippen molar-refractivity contribution in [2.24, 2.45) is 11.5 Å². The predicted octanol–water partition coefficient (Wildman–Crippen LogP) is 3.89. The van der Waals surface area contributed by atoms with Gasteiger partial charge in [-0.15, -0.1) is 0 Å². The number of hydrogen-bond donors (Lipinski definition) is 4. The minimum atomic E-state index is -1.50. The van der Waals surface area contributed by atoms with Crippen LogP contribution in [0, 0.1) is 0 Å². The number of primary amides is 1. The smallest absolute Gasteiger partial charge is 0.262 e. The summed E-state index contributed by atoms with van der Waals surface area (Å²) in [5.74, 6) is -2.27. The van der Waals surface area contributed by atoms with E-state index < -0.39 is 54.4 Å². The van der Waals surface area contributed by atoms with E-state index in [9.17, 15) is 24.3 Å². The van der Waals surface area contributed by atoms with Crippen LogP contribution < -0.4 is 21.5 Å². The SMILES string of the molecule is CC(C)(C)Oc1ccc(CC[C@@H](O)C(NC(=O)[C@@H]2CCCN2C(C)(C)C)N(C(=O)c2ccc3ccccc3c2)C(=O)[C@@H](N)CC(N)=O)cc1. The fourth-order valence-corrected chi connectivity index (χ4v) is 6.27. The lowest BCUT2D eigenvalue weighted by Crippen LogP contribution is -2.64. The van der Waals surface area contributed by atoms with Crippen LogP contribution in [-0.4, -0.2) is 80.6 Å². The number of aryl methyl sites for hydroxylation is 1. The average Bonchev–Trinajstić information content (AvgIpc) is 3.54. The van der Waals surface area contributed by atoms with Gasteiger partial charge in [0.15, 0.2) is 0 Å². The molecule has 0 bridgehead atoms. The molecule has 1 aliphatic heterocycles. The molecule has 1 aliphatic rings. The Hall–Kier alpha value is -4.32. The van der Waals surface area contributed by atoms with Crippen LogP contribution in [0.3, 0.4) is 0 Å². The molecule has 11 nitrogen and oxygen atoms in total. The number of fused-ring (bicyclic) bond motifs is 1. The molecule has 1 saturated heterocycles. The van der Waals surface area contributed by atoms with Crippen LogP contribution in [0.4, 0.5) is 0 Å². The van der Waals surface area contributed by atoms with Crippen molar-refractivity contribution in [2.45, 2.75) is 109 Å². The van der Waals surface area contributed by atoms with Crippen molar-refractivity contribution in [3.8, 4) is 5.75 Å². The molecule has 264 valence electrons. The number of aliphatic hydroxyl groups excluding tert-OH is 1. The Kier molecular flexibility index (Phi) is 11.9. The number of hydrogen-bond acceptors (Lipinski definition) is 8. The maximum Gasteiger partial charge on any atom is 0.262 e. The van der Waals surface area contributed by atoms with Gasteiger partial charge in [0.2, 0.25) is 17.7 Å². The largest absolute Gasteiger partial charge is 0.488 e. The van der Waals surface area contributed by atoms with E-state index in [0.29, 0.717) is 25.1 Å². The Bertz CT molecular complexity index is 1640. The van der Waals surface area contributed by atoms with Gasteiger partial charge in [0.05, 0.1) is 24.6 Å². The number of nitrogens with zero attached hydrogens (tertiary/aromatic N) is 2. The highest BCUT2D eigenvalue weighted by molar-refractivity contribution is 6.08. The first-order valence-corrected chi connectivity index (χ1v) is 16.9. The van der Waals surface area contributed by atoms with Gasteiger partial charge in [-0.25, -0.2) is 0 Å². The van der Waals surface area contributed by atoms with E-state index in [-0.39, 0.29) is 23.1 Å². The Morgan fingerprint density at radius 2 is 1.63 bits per heavy atom. The normalized spacial score (nSPS) is 17.3. The lowest BCUT2D eigenvalue weighted by atomic mass is 10.0. The number of imide groups is 1. The van der Waals surface area contributed by atoms with E-state index in [0.717, 1.165) is 27.7 Å². The third kappa shape index (κ3) is 9.87. The molecular weight excluding hydrogens is 622 g/mol. The molecular formula is C38H51N5O6. The van der Waals surface area contributed by atoms with Crippen molar-refractivity contribution in [3.05, 3.63) is 77.9 Å². The zero-order chi connectivity index (χ0) is 36.1. The van der Waals surface area contributed by atoms with E-state index in [4.69, 9.17) is 16.2 Å². The van der Waals surface area contributed by atoms with Crippen molar-refractivity contribution in [1.29, 1.82) is 0 Å². The summed E-state index contributed by atoms with van der Waals surface area (Å²) in [6, 6.07) is 17.8. The Labute approximate surface area is 288 Å². The Morgan fingerprint density at radius 1 is 0.980 bits per heavy atom. The van der Waals surface area contributed by atoms with Gasteiger partial charge in [-0.3, -0.25) is 29.0 Å². The zero-order valence-corrected chi connectivity index (χ0v) is 29.4. The number of rotatable bonds is 12. The number of aliphatic hydroxyl groups is 1. The minimum Gasteiger partial charge on any atom is -0.488 e. The zero-order valence-electron chi connectivity index (χ0n) is 29.4. The minimum absolute atomic E-state index is 0.0813.